The number of rotatable bonds is 11. The summed E-state index contributed by atoms with van der Waals surface area (Å²) in [7, 11) is 1.60. The largest absolute Gasteiger partial charge is 0.497 e. The first-order valence-corrected chi connectivity index (χ1v) is 12.3. The van der Waals surface area contributed by atoms with Gasteiger partial charge in [-0.3, -0.25) is 9.59 Å². The zero-order valence-electron chi connectivity index (χ0n) is 19.0. The molecular formula is C24H26BrN5O3S. The predicted molar refractivity (Wildman–Crippen MR) is 137 cm³/mol. The lowest BCUT2D eigenvalue weighted by atomic mass is 10.1. The number of nitrogens with one attached hydrogen (secondary N) is 2. The minimum atomic E-state index is -0.371. The van der Waals surface area contributed by atoms with Crippen molar-refractivity contribution in [3.05, 3.63) is 77.0 Å². The number of hydrogen-bond donors (Lipinski definition) is 2. The van der Waals surface area contributed by atoms with Crippen LogP contribution in [0.3, 0.4) is 0 Å². The predicted octanol–water partition coefficient (Wildman–Crippen LogP) is 4.39. The van der Waals surface area contributed by atoms with Crippen LogP contribution in [0.25, 0.3) is 0 Å². The summed E-state index contributed by atoms with van der Waals surface area (Å²) in [5.41, 5.74) is 1.60. The molecule has 0 aliphatic heterocycles. The molecule has 0 spiro atoms. The summed E-state index contributed by atoms with van der Waals surface area (Å²) >= 11 is 4.65. The van der Waals surface area contributed by atoms with Crippen molar-refractivity contribution in [2.75, 3.05) is 18.2 Å². The third kappa shape index (κ3) is 7.19. The van der Waals surface area contributed by atoms with E-state index in [1.807, 2.05) is 60.0 Å². The lowest BCUT2D eigenvalue weighted by Gasteiger charge is -2.15. The number of hydrogen-bond acceptors (Lipinski definition) is 6. The van der Waals surface area contributed by atoms with Crippen LogP contribution in [-0.4, -0.2) is 39.4 Å². The molecular weight excluding hydrogens is 518 g/mol. The fraction of sp³-hybridized carbons (Fsp3) is 0.250. The summed E-state index contributed by atoms with van der Waals surface area (Å²) in [5.74, 6) is 1.23. The van der Waals surface area contributed by atoms with Gasteiger partial charge in [0, 0.05) is 16.7 Å². The monoisotopic (exact) mass is 543 g/mol. The Balaban J connectivity index is 1.60. The van der Waals surface area contributed by atoms with Gasteiger partial charge in [0.15, 0.2) is 11.0 Å². The third-order valence-corrected chi connectivity index (χ3v) is 6.30. The minimum absolute atomic E-state index is 0.131. The summed E-state index contributed by atoms with van der Waals surface area (Å²) in [4.78, 5) is 24.9. The molecule has 0 aliphatic rings. The SMILES string of the molecule is C=CCn1c(SCC(=O)Nc2ccc(Br)cc2)nnc1[C@@H](C)NC(=O)Cc1ccc(OC)cc1. The maximum Gasteiger partial charge on any atom is 0.234 e. The van der Waals surface area contributed by atoms with Crippen LogP contribution in [0.15, 0.2) is 70.8 Å². The maximum atomic E-state index is 12.6. The number of methoxy groups -OCH3 is 1. The molecule has 2 N–H and O–H groups in total. The van der Waals surface area contributed by atoms with Crippen molar-refractivity contribution in [2.45, 2.75) is 31.1 Å². The fourth-order valence-corrected chi connectivity index (χ4v) is 4.19. The number of carbonyl (C=O) groups is 2. The molecule has 0 saturated heterocycles. The van der Waals surface area contributed by atoms with Crippen LogP contribution in [-0.2, 0) is 22.6 Å². The van der Waals surface area contributed by atoms with E-state index in [0.29, 0.717) is 17.5 Å². The molecule has 0 bridgehead atoms. The highest BCUT2D eigenvalue weighted by molar-refractivity contribution is 9.10. The normalized spacial score (nSPS) is 11.5. The van der Waals surface area contributed by atoms with E-state index in [1.165, 1.54) is 11.8 Å². The molecule has 0 unspecified atom stereocenters. The average molecular weight is 544 g/mol. The van der Waals surface area contributed by atoms with Crippen LogP contribution in [0.5, 0.6) is 5.75 Å². The molecule has 3 rings (SSSR count). The Morgan fingerprint density at radius 2 is 1.85 bits per heavy atom. The first kappa shape index (κ1) is 25.5. The van der Waals surface area contributed by atoms with Gasteiger partial charge in [-0.2, -0.15) is 0 Å². The second kappa shape index (κ2) is 12.4. The van der Waals surface area contributed by atoms with E-state index in [4.69, 9.17) is 4.74 Å². The summed E-state index contributed by atoms with van der Waals surface area (Å²) in [6.45, 7) is 6.11. The summed E-state index contributed by atoms with van der Waals surface area (Å²) in [5, 5.41) is 14.9. The van der Waals surface area contributed by atoms with Gasteiger partial charge in [-0.1, -0.05) is 45.9 Å². The maximum absolute atomic E-state index is 12.6. The van der Waals surface area contributed by atoms with Crippen molar-refractivity contribution in [1.29, 1.82) is 0 Å². The molecule has 34 heavy (non-hydrogen) atoms. The highest BCUT2D eigenvalue weighted by Crippen LogP contribution is 2.22. The summed E-state index contributed by atoms with van der Waals surface area (Å²) in [6, 6.07) is 14.4. The first-order chi connectivity index (χ1) is 16.4. The Morgan fingerprint density at radius 3 is 2.50 bits per heavy atom. The van der Waals surface area contributed by atoms with Crippen molar-refractivity contribution in [2.24, 2.45) is 0 Å². The Kier molecular flexibility index (Phi) is 9.29. The van der Waals surface area contributed by atoms with Crippen molar-refractivity contribution in [3.8, 4) is 5.75 Å². The number of benzene rings is 2. The highest BCUT2D eigenvalue weighted by Gasteiger charge is 2.20. The van der Waals surface area contributed by atoms with E-state index in [9.17, 15) is 9.59 Å². The van der Waals surface area contributed by atoms with Gasteiger partial charge in [-0.05, 0) is 48.9 Å². The van der Waals surface area contributed by atoms with Crippen molar-refractivity contribution >= 4 is 45.2 Å². The van der Waals surface area contributed by atoms with E-state index in [1.54, 1.807) is 13.2 Å². The molecule has 1 aromatic heterocycles. The molecule has 8 nitrogen and oxygen atoms in total. The number of allylic oxidation sites excluding steroid dienone is 1. The summed E-state index contributed by atoms with van der Waals surface area (Å²) < 4.78 is 7.94. The van der Waals surface area contributed by atoms with Crippen molar-refractivity contribution < 1.29 is 14.3 Å². The van der Waals surface area contributed by atoms with Gasteiger partial charge in [0.05, 0.1) is 25.3 Å². The van der Waals surface area contributed by atoms with E-state index in [0.717, 1.165) is 21.5 Å². The Bertz CT molecular complexity index is 1130. The van der Waals surface area contributed by atoms with Crippen LogP contribution in [0, 0.1) is 0 Å². The van der Waals surface area contributed by atoms with Crippen LogP contribution >= 0.6 is 27.7 Å². The van der Waals surface area contributed by atoms with Gasteiger partial charge >= 0.3 is 0 Å². The zero-order valence-corrected chi connectivity index (χ0v) is 21.4. The molecule has 2 aromatic carbocycles. The lowest BCUT2D eigenvalue weighted by Crippen LogP contribution is -2.30. The van der Waals surface area contributed by atoms with Gasteiger partial charge in [0.1, 0.15) is 5.75 Å². The second-order valence-electron chi connectivity index (χ2n) is 7.40. The fourth-order valence-electron chi connectivity index (χ4n) is 3.17. The molecule has 10 heteroatoms. The number of amides is 2. The van der Waals surface area contributed by atoms with Gasteiger partial charge in [-0.15, -0.1) is 16.8 Å². The van der Waals surface area contributed by atoms with Gasteiger partial charge in [0.25, 0.3) is 0 Å². The molecule has 2 amide bonds. The van der Waals surface area contributed by atoms with E-state index >= 15 is 0 Å². The smallest absolute Gasteiger partial charge is 0.234 e. The molecule has 1 heterocycles. The van der Waals surface area contributed by atoms with Crippen molar-refractivity contribution in [1.82, 2.24) is 20.1 Å². The van der Waals surface area contributed by atoms with Crippen LogP contribution in [0.2, 0.25) is 0 Å². The van der Waals surface area contributed by atoms with Gasteiger partial charge in [-0.25, -0.2) is 0 Å². The third-order valence-electron chi connectivity index (χ3n) is 4.81. The molecule has 178 valence electrons. The topological polar surface area (TPSA) is 98.1 Å². The van der Waals surface area contributed by atoms with E-state index in [-0.39, 0.29) is 30.0 Å². The molecule has 0 fully saturated rings. The van der Waals surface area contributed by atoms with E-state index in [2.05, 4.69) is 43.3 Å². The number of nitrogens with zero attached hydrogens (tertiary/aromatic N) is 3. The summed E-state index contributed by atoms with van der Waals surface area (Å²) in [6.07, 6.45) is 1.96. The molecule has 0 saturated carbocycles. The van der Waals surface area contributed by atoms with Gasteiger partial charge < -0.3 is 19.9 Å². The number of aromatic nitrogens is 3. The highest BCUT2D eigenvalue weighted by atomic mass is 79.9. The minimum Gasteiger partial charge on any atom is -0.497 e. The molecule has 3 aromatic rings. The van der Waals surface area contributed by atoms with Gasteiger partial charge in [0.2, 0.25) is 11.8 Å². The molecule has 0 radical (unpaired) electrons. The van der Waals surface area contributed by atoms with Crippen LogP contribution < -0.4 is 15.4 Å². The van der Waals surface area contributed by atoms with Crippen LogP contribution in [0.1, 0.15) is 24.4 Å². The molecule has 0 aliphatic carbocycles. The number of halogens is 1. The Hall–Kier alpha value is -3.11. The van der Waals surface area contributed by atoms with Crippen molar-refractivity contribution in [3.63, 3.8) is 0 Å². The Morgan fingerprint density at radius 1 is 1.15 bits per heavy atom. The average Bonchev–Trinajstić information content (AvgIpc) is 3.22. The zero-order chi connectivity index (χ0) is 24.5. The van der Waals surface area contributed by atoms with E-state index < -0.39 is 0 Å². The molecule has 1 atom stereocenters. The Labute approximate surface area is 211 Å². The first-order valence-electron chi connectivity index (χ1n) is 10.5. The van der Waals surface area contributed by atoms with Crippen LogP contribution in [0.4, 0.5) is 5.69 Å². The number of thioether (sulfide) groups is 1. The quantitative estimate of drug-likeness (QED) is 0.275. The second-order valence-corrected chi connectivity index (χ2v) is 9.26. The number of anilines is 1. The lowest BCUT2D eigenvalue weighted by molar-refractivity contribution is -0.121. The number of ether oxygens (including phenoxy) is 1. The number of carbonyl (C=O) groups excluding carboxylic acids is 2. The standard InChI is InChI=1S/C24H26BrN5O3S/c1-4-13-30-23(16(2)26-21(31)14-17-5-11-20(33-3)12-6-17)28-29-24(30)34-15-22(32)27-19-9-7-18(25)8-10-19/h4-12,16H,1,13-15H2,2-3H3,(H,26,31)(H,27,32)/t16-/m1/s1.